The summed E-state index contributed by atoms with van der Waals surface area (Å²) in [5, 5.41) is 20.0. The minimum absolute atomic E-state index is 0.327. The van der Waals surface area contributed by atoms with E-state index in [1.807, 2.05) is 12.1 Å². The summed E-state index contributed by atoms with van der Waals surface area (Å²) < 4.78 is 0.688. The van der Waals surface area contributed by atoms with Gasteiger partial charge in [0.2, 0.25) is 0 Å². The van der Waals surface area contributed by atoms with E-state index in [2.05, 4.69) is 31.9 Å². The van der Waals surface area contributed by atoms with Crippen molar-refractivity contribution in [2.75, 3.05) is 16.0 Å². The Kier molecular flexibility index (Phi) is 5.08. The van der Waals surface area contributed by atoms with Crippen LogP contribution in [0.3, 0.4) is 0 Å². The van der Waals surface area contributed by atoms with E-state index in [9.17, 15) is 14.7 Å². The van der Waals surface area contributed by atoms with Gasteiger partial charge in [-0.25, -0.2) is 0 Å². The largest absolute Gasteiger partial charge is 0.373 e. The smallest absolute Gasteiger partial charge is 0.263 e. The maximum absolute atomic E-state index is 13.2. The molecule has 4 N–H and O–H groups in total. The Morgan fingerprint density at radius 1 is 0.966 bits per heavy atom. The zero-order valence-electron chi connectivity index (χ0n) is 15.2. The Morgan fingerprint density at radius 2 is 1.59 bits per heavy atom. The van der Waals surface area contributed by atoms with Gasteiger partial charge in [0.1, 0.15) is 6.04 Å². The number of hydrogen-bond acceptors (Lipinski definition) is 4. The number of anilines is 3. The third kappa shape index (κ3) is 3.62. The van der Waals surface area contributed by atoms with Crippen LogP contribution in [0.5, 0.6) is 0 Å². The summed E-state index contributed by atoms with van der Waals surface area (Å²) in [5.74, 6) is -1.20. The van der Waals surface area contributed by atoms with Gasteiger partial charge < -0.3 is 21.1 Å². The van der Waals surface area contributed by atoms with Gasteiger partial charge in [0.25, 0.3) is 11.8 Å². The highest BCUT2D eigenvalue weighted by Crippen LogP contribution is 2.41. The lowest BCUT2D eigenvalue weighted by atomic mass is 9.86. The Hall–Kier alpha value is -3.16. The van der Waals surface area contributed by atoms with Gasteiger partial charge >= 0.3 is 0 Å². The number of carbonyl (C=O) groups excluding carboxylic acids is 2. The van der Waals surface area contributed by atoms with Crippen molar-refractivity contribution < 1.29 is 14.7 Å². The fourth-order valence-corrected chi connectivity index (χ4v) is 3.73. The van der Waals surface area contributed by atoms with Crippen LogP contribution in [0, 0.1) is 0 Å². The lowest BCUT2D eigenvalue weighted by Gasteiger charge is -2.31. The molecule has 2 unspecified atom stereocenters. The molecular formula is C22H18BrN3O3. The van der Waals surface area contributed by atoms with Crippen LogP contribution in [-0.4, -0.2) is 23.0 Å². The number of carbonyl (C=O) groups is 2. The highest BCUT2D eigenvalue weighted by atomic mass is 79.9. The molecule has 2 amide bonds. The zero-order chi connectivity index (χ0) is 20.4. The topological polar surface area (TPSA) is 90.5 Å². The van der Waals surface area contributed by atoms with Gasteiger partial charge in [-0.3, -0.25) is 9.59 Å². The second kappa shape index (κ2) is 7.69. The number of nitrogens with one attached hydrogen (secondary N) is 3. The summed E-state index contributed by atoms with van der Waals surface area (Å²) in [6.45, 7) is 0. The normalized spacial score (nSPS) is 18.5. The molecule has 3 aromatic carbocycles. The fourth-order valence-electron chi connectivity index (χ4n) is 3.36. The quantitative estimate of drug-likeness (QED) is 0.475. The Bertz CT molecular complexity index is 1060. The van der Waals surface area contributed by atoms with Crippen molar-refractivity contribution in [3.05, 3.63) is 88.9 Å². The molecule has 1 heterocycles. The number of aliphatic hydroxyl groups is 1. The van der Waals surface area contributed by atoms with Gasteiger partial charge in [0.05, 0.1) is 0 Å². The van der Waals surface area contributed by atoms with E-state index in [1.165, 1.54) is 0 Å². The molecule has 0 saturated carbocycles. The van der Waals surface area contributed by atoms with E-state index in [0.717, 1.165) is 0 Å². The summed E-state index contributed by atoms with van der Waals surface area (Å²) in [7, 11) is 0. The van der Waals surface area contributed by atoms with Crippen LogP contribution < -0.4 is 16.0 Å². The van der Waals surface area contributed by atoms with Crippen LogP contribution in [0.4, 0.5) is 17.1 Å². The predicted octanol–water partition coefficient (Wildman–Crippen LogP) is 3.71. The Balaban J connectivity index is 1.77. The van der Waals surface area contributed by atoms with Crippen molar-refractivity contribution in [1.82, 2.24) is 0 Å². The molecule has 0 bridgehead atoms. The monoisotopic (exact) mass is 451 g/mol. The molecule has 1 aliphatic rings. The molecule has 3 aromatic rings. The van der Waals surface area contributed by atoms with Crippen molar-refractivity contribution in [2.24, 2.45) is 0 Å². The first-order valence-electron chi connectivity index (χ1n) is 9.00. The molecule has 1 aliphatic heterocycles. The molecule has 0 fully saturated rings. The average Bonchev–Trinajstić information content (AvgIpc) is 2.98. The van der Waals surface area contributed by atoms with Gasteiger partial charge in [-0.15, -0.1) is 0 Å². The summed E-state index contributed by atoms with van der Waals surface area (Å²) in [5.41, 5.74) is -0.144. The molecule has 7 heteroatoms. The van der Waals surface area contributed by atoms with Crippen LogP contribution in [0.2, 0.25) is 0 Å². The molecule has 4 rings (SSSR count). The van der Waals surface area contributed by atoms with Crippen LogP contribution in [0.25, 0.3) is 0 Å². The zero-order valence-corrected chi connectivity index (χ0v) is 16.8. The average molecular weight is 452 g/mol. The molecule has 0 aromatic heterocycles. The minimum Gasteiger partial charge on any atom is -0.373 e. The molecule has 0 spiro atoms. The summed E-state index contributed by atoms with van der Waals surface area (Å²) in [6.07, 6.45) is 0. The highest BCUT2D eigenvalue weighted by molar-refractivity contribution is 9.10. The van der Waals surface area contributed by atoms with Gasteiger partial charge in [0, 0.05) is 27.1 Å². The molecule has 6 nitrogen and oxygen atoms in total. The van der Waals surface area contributed by atoms with Crippen LogP contribution in [-0.2, 0) is 15.2 Å². The first-order valence-corrected chi connectivity index (χ1v) is 9.79. The Labute approximate surface area is 176 Å². The van der Waals surface area contributed by atoms with Gasteiger partial charge in [-0.1, -0.05) is 52.3 Å². The minimum atomic E-state index is -2.10. The molecule has 29 heavy (non-hydrogen) atoms. The fraction of sp³-hybridized carbons (Fsp3) is 0.0909. The standard InChI is InChI=1S/C22H18BrN3O3/c23-14-11-12-18-17(13-14)22(29,21(28)26-18)19(24-15-7-3-1-4-8-15)20(27)25-16-9-5-2-6-10-16/h1-13,19,24,29H,(H,25,27)(H,26,28). The van der Waals surface area contributed by atoms with E-state index >= 15 is 0 Å². The summed E-state index contributed by atoms with van der Waals surface area (Å²) in [4.78, 5) is 26.1. The van der Waals surface area contributed by atoms with Crippen molar-refractivity contribution in [3.63, 3.8) is 0 Å². The number of fused-ring (bicyclic) bond motifs is 1. The predicted molar refractivity (Wildman–Crippen MR) is 116 cm³/mol. The number of halogens is 1. The van der Waals surface area contributed by atoms with Gasteiger partial charge in [-0.2, -0.15) is 0 Å². The first kappa shape index (κ1) is 19.2. The molecule has 2 atom stereocenters. The van der Waals surface area contributed by atoms with Crippen molar-refractivity contribution >= 4 is 44.8 Å². The maximum Gasteiger partial charge on any atom is 0.263 e. The van der Waals surface area contributed by atoms with Gasteiger partial charge in [-0.05, 0) is 42.5 Å². The van der Waals surface area contributed by atoms with Crippen LogP contribution >= 0.6 is 15.9 Å². The Morgan fingerprint density at radius 3 is 2.24 bits per heavy atom. The van der Waals surface area contributed by atoms with Gasteiger partial charge in [0.15, 0.2) is 5.60 Å². The van der Waals surface area contributed by atoms with Crippen molar-refractivity contribution in [1.29, 1.82) is 0 Å². The van der Waals surface area contributed by atoms with Crippen molar-refractivity contribution in [3.8, 4) is 0 Å². The third-order valence-corrected chi connectivity index (χ3v) is 5.29. The number of benzene rings is 3. The van der Waals surface area contributed by atoms with Crippen molar-refractivity contribution in [2.45, 2.75) is 11.6 Å². The SMILES string of the molecule is O=C(Nc1ccccc1)C(Nc1ccccc1)C1(O)C(=O)Nc2ccc(Br)cc21. The van der Waals surface area contributed by atoms with E-state index in [-0.39, 0.29) is 0 Å². The molecule has 146 valence electrons. The number of rotatable bonds is 5. The highest BCUT2D eigenvalue weighted by Gasteiger charge is 2.54. The maximum atomic E-state index is 13.2. The molecule has 0 radical (unpaired) electrons. The van der Waals surface area contributed by atoms with E-state index in [1.54, 1.807) is 66.7 Å². The molecule has 0 aliphatic carbocycles. The van der Waals surface area contributed by atoms with E-state index in [0.29, 0.717) is 27.1 Å². The van der Waals surface area contributed by atoms with E-state index < -0.39 is 23.5 Å². The summed E-state index contributed by atoms with van der Waals surface area (Å²) >= 11 is 3.37. The number of para-hydroxylation sites is 2. The lowest BCUT2D eigenvalue weighted by molar-refractivity contribution is -0.140. The third-order valence-electron chi connectivity index (χ3n) is 4.79. The lowest BCUT2D eigenvalue weighted by Crippen LogP contribution is -2.55. The second-order valence-electron chi connectivity index (χ2n) is 6.71. The number of amides is 2. The van der Waals surface area contributed by atoms with Crippen LogP contribution in [0.1, 0.15) is 5.56 Å². The van der Waals surface area contributed by atoms with Crippen LogP contribution in [0.15, 0.2) is 83.3 Å². The molecule has 0 saturated heterocycles. The first-order chi connectivity index (χ1) is 14.0. The number of hydrogen-bond donors (Lipinski definition) is 4. The van der Waals surface area contributed by atoms with E-state index in [4.69, 9.17) is 0 Å². The molecular weight excluding hydrogens is 434 g/mol. The summed E-state index contributed by atoms with van der Waals surface area (Å²) in [6, 6.07) is 21.7. The second-order valence-corrected chi connectivity index (χ2v) is 7.62.